The highest BCUT2D eigenvalue weighted by atomic mass is 16.5. The van der Waals surface area contributed by atoms with Crippen LogP contribution in [0.3, 0.4) is 0 Å². The molecule has 0 aliphatic carbocycles. The number of aromatic nitrogens is 2. The van der Waals surface area contributed by atoms with Crippen LogP contribution in [0.5, 0.6) is 5.75 Å². The number of fused-ring (bicyclic) bond motifs is 1. The number of hydrogen-bond donors (Lipinski definition) is 1. The molecule has 6 nitrogen and oxygen atoms in total. The first-order valence-electron chi connectivity index (χ1n) is 12.2. The van der Waals surface area contributed by atoms with Crippen LogP contribution < -0.4 is 9.64 Å². The van der Waals surface area contributed by atoms with E-state index in [-0.39, 0.29) is 0 Å². The highest BCUT2D eigenvalue weighted by molar-refractivity contribution is 6.02. The maximum absolute atomic E-state index is 12.1. The van der Waals surface area contributed by atoms with Crippen molar-refractivity contribution in [1.29, 1.82) is 0 Å². The summed E-state index contributed by atoms with van der Waals surface area (Å²) in [5.74, 6) is 0.0144. The van der Waals surface area contributed by atoms with Crippen LogP contribution in [0.25, 0.3) is 22.0 Å². The number of hydrogen-bond acceptors (Lipinski definition) is 5. The van der Waals surface area contributed by atoms with Gasteiger partial charge in [-0.15, -0.1) is 0 Å². The third-order valence-electron chi connectivity index (χ3n) is 6.51. The van der Waals surface area contributed by atoms with E-state index in [0.29, 0.717) is 5.75 Å². The van der Waals surface area contributed by atoms with Crippen LogP contribution in [-0.4, -0.2) is 42.5 Å². The van der Waals surface area contributed by atoms with E-state index in [1.807, 2.05) is 36.5 Å². The lowest BCUT2D eigenvalue weighted by Crippen LogP contribution is -2.36. The van der Waals surface area contributed by atoms with Gasteiger partial charge in [0.15, 0.2) is 0 Å². The molecule has 1 fully saturated rings. The van der Waals surface area contributed by atoms with E-state index in [4.69, 9.17) is 9.47 Å². The van der Waals surface area contributed by atoms with Gasteiger partial charge in [-0.1, -0.05) is 49.9 Å². The topological polar surface area (TPSA) is 67.4 Å². The van der Waals surface area contributed by atoms with E-state index >= 15 is 0 Å². The number of esters is 1. The van der Waals surface area contributed by atoms with Gasteiger partial charge in [0.25, 0.3) is 0 Å². The second-order valence-electron chi connectivity index (χ2n) is 8.65. The van der Waals surface area contributed by atoms with Crippen molar-refractivity contribution in [2.24, 2.45) is 0 Å². The third-order valence-corrected chi connectivity index (χ3v) is 6.51. The van der Waals surface area contributed by atoms with Crippen molar-refractivity contribution in [2.45, 2.75) is 13.3 Å². The molecular formula is C30H29N3O3. The number of carbonyl (C=O) groups excluding carboxylic acids is 1. The van der Waals surface area contributed by atoms with Gasteiger partial charge in [0.05, 0.1) is 24.9 Å². The van der Waals surface area contributed by atoms with E-state index in [1.54, 1.807) is 0 Å². The fourth-order valence-corrected chi connectivity index (χ4v) is 4.72. The van der Waals surface area contributed by atoms with Gasteiger partial charge in [-0.2, -0.15) is 5.10 Å². The lowest BCUT2D eigenvalue weighted by atomic mass is 9.87. The quantitative estimate of drug-likeness (QED) is 0.156. The van der Waals surface area contributed by atoms with Crippen LogP contribution >= 0.6 is 0 Å². The van der Waals surface area contributed by atoms with Gasteiger partial charge in [0.1, 0.15) is 5.75 Å². The second-order valence-corrected chi connectivity index (χ2v) is 8.65. The molecule has 0 spiro atoms. The SMILES string of the molecule is C=CC(=O)Oc1ccccc1/C(=C(\CC)c1ccc(N2CCOCC2)cc1)c1ccc2[nH]ncc2c1. The molecule has 2 heterocycles. The lowest BCUT2D eigenvalue weighted by Gasteiger charge is -2.29. The summed E-state index contributed by atoms with van der Waals surface area (Å²) in [6.07, 6.45) is 3.80. The average molecular weight is 480 g/mol. The van der Waals surface area contributed by atoms with Gasteiger partial charge in [0, 0.05) is 35.8 Å². The third kappa shape index (κ3) is 4.81. The minimum absolute atomic E-state index is 0.486. The number of aromatic amines is 1. The molecule has 6 heteroatoms. The Kier molecular flexibility index (Phi) is 6.96. The zero-order valence-corrected chi connectivity index (χ0v) is 20.4. The Morgan fingerprint density at radius 1 is 1.08 bits per heavy atom. The molecule has 0 bridgehead atoms. The van der Waals surface area contributed by atoms with E-state index in [1.165, 1.54) is 11.8 Å². The molecule has 3 aromatic carbocycles. The number of nitrogens with zero attached hydrogens (tertiary/aromatic N) is 2. The first-order valence-corrected chi connectivity index (χ1v) is 12.2. The molecule has 182 valence electrons. The second kappa shape index (κ2) is 10.6. The minimum atomic E-state index is -0.486. The number of H-pyrrole nitrogens is 1. The molecule has 1 aliphatic heterocycles. The normalized spacial score (nSPS) is 14.4. The predicted molar refractivity (Wildman–Crippen MR) is 144 cm³/mol. The number of carbonyl (C=O) groups is 1. The van der Waals surface area contributed by atoms with Gasteiger partial charge in [-0.05, 0) is 59.0 Å². The summed E-state index contributed by atoms with van der Waals surface area (Å²) in [4.78, 5) is 14.5. The van der Waals surface area contributed by atoms with E-state index in [9.17, 15) is 4.79 Å². The highest BCUT2D eigenvalue weighted by Gasteiger charge is 2.19. The number of morpholine rings is 1. The van der Waals surface area contributed by atoms with Crippen LogP contribution in [0.4, 0.5) is 5.69 Å². The van der Waals surface area contributed by atoms with Crippen LogP contribution in [0.15, 0.2) is 85.6 Å². The molecular weight excluding hydrogens is 450 g/mol. The zero-order chi connectivity index (χ0) is 24.9. The molecule has 0 unspecified atom stereocenters. The molecule has 5 rings (SSSR count). The van der Waals surface area contributed by atoms with Gasteiger partial charge in [-0.3, -0.25) is 5.10 Å². The Hall–Kier alpha value is -4.16. The van der Waals surface area contributed by atoms with Crippen molar-refractivity contribution in [1.82, 2.24) is 10.2 Å². The van der Waals surface area contributed by atoms with Crippen LogP contribution in [0, 0.1) is 0 Å². The van der Waals surface area contributed by atoms with Gasteiger partial charge in [0.2, 0.25) is 0 Å². The standard InChI is InChI=1S/C30H29N3O3/c1-3-25(21-9-12-24(13-10-21)33-15-17-35-18-16-33)30(22-11-14-27-23(19-22)20-31-32-27)26-7-5-6-8-28(26)36-29(34)4-2/h4-14,19-20H,2-3,15-18H2,1H3,(H,31,32)/b30-25+. The summed E-state index contributed by atoms with van der Waals surface area (Å²) in [5.41, 5.74) is 7.35. The molecule has 1 aromatic heterocycles. The number of allylic oxidation sites excluding steroid dienone is 1. The van der Waals surface area contributed by atoms with Crippen LogP contribution in [0.2, 0.25) is 0 Å². The summed E-state index contributed by atoms with van der Waals surface area (Å²) in [6.45, 7) is 9.01. The number of nitrogens with one attached hydrogen (secondary N) is 1. The summed E-state index contributed by atoms with van der Waals surface area (Å²) in [7, 11) is 0. The molecule has 1 saturated heterocycles. The van der Waals surface area contributed by atoms with Crippen LogP contribution in [-0.2, 0) is 9.53 Å². The number of benzene rings is 3. The van der Waals surface area contributed by atoms with Crippen molar-refractivity contribution in [3.05, 3.63) is 102 Å². The summed E-state index contributed by atoms with van der Waals surface area (Å²) >= 11 is 0. The largest absolute Gasteiger partial charge is 0.423 e. The molecule has 1 N–H and O–H groups in total. The molecule has 4 aromatic rings. The average Bonchev–Trinajstić information content (AvgIpc) is 3.41. The Morgan fingerprint density at radius 3 is 2.58 bits per heavy atom. The van der Waals surface area contributed by atoms with E-state index in [0.717, 1.165) is 71.5 Å². The number of para-hydroxylation sites is 1. The maximum Gasteiger partial charge on any atom is 0.335 e. The zero-order valence-electron chi connectivity index (χ0n) is 20.4. The Bertz CT molecular complexity index is 1410. The molecule has 0 atom stereocenters. The maximum atomic E-state index is 12.1. The minimum Gasteiger partial charge on any atom is -0.423 e. The first kappa shape index (κ1) is 23.6. The van der Waals surface area contributed by atoms with Gasteiger partial charge < -0.3 is 14.4 Å². The fourth-order valence-electron chi connectivity index (χ4n) is 4.72. The number of anilines is 1. The first-order chi connectivity index (χ1) is 17.7. The van der Waals surface area contributed by atoms with Crippen molar-refractivity contribution in [3.8, 4) is 5.75 Å². The van der Waals surface area contributed by atoms with Crippen molar-refractivity contribution in [3.63, 3.8) is 0 Å². The Morgan fingerprint density at radius 2 is 1.83 bits per heavy atom. The van der Waals surface area contributed by atoms with Crippen molar-refractivity contribution in [2.75, 3.05) is 31.2 Å². The van der Waals surface area contributed by atoms with Crippen molar-refractivity contribution >= 4 is 33.7 Å². The lowest BCUT2D eigenvalue weighted by molar-refractivity contribution is -0.128. The molecule has 0 saturated carbocycles. The Labute approximate surface area is 210 Å². The molecule has 0 radical (unpaired) electrons. The van der Waals surface area contributed by atoms with Crippen molar-refractivity contribution < 1.29 is 14.3 Å². The number of ether oxygens (including phenoxy) is 2. The fraction of sp³-hybridized carbons (Fsp3) is 0.200. The smallest absolute Gasteiger partial charge is 0.335 e. The summed E-state index contributed by atoms with van der Waals surface area (Å²) < 4.78 is 11.2. The molecule has 0 amide bonds. The van der Waals surface area contributed by atoms with Crippen LogP contribution in [0.1, 0.15) is 30.0 Å². The number of rotatable bonds is 7. The highest BCUT2D eigenvalue weighted by Crippen LogP contribution is 2.39. The molecule has 36 heavy (non-hydrogen) atoms. The Balaban J connectivity index is 1.67. The summed E-state index contributed by atoms with van der Waals surface area (Å²) in [6, 6.07) is 22.6. The van der Waals surface area contributed by atoms with Gasteiger partial charge >= 0.3 is 5.97 Å². The summed E-state index contributed by atoms with van der Waals surface area (Å²) in [5, 5.41) is 8.22. The monoisotopic (exact) mass is 479 g/mol. The van der Waals surface area contributed by atoms with E-state index < -0.39 is 5.97 Å². The van der Waals surface area contributed by atoms with Gasteiger partial charge in [-0.25, -0.2) is 4.79 Å². The molecule has 1 aliphatic rings. The van der Waals surface area contributed by atoms with E-state index in [2.05, 4.69) is 65.0 Å². The predicted octanol–water partition coefficient (Wildman–Crippen LogP) is 5.86.